The molecule has 0 unspecified atom stereocenters. The van der Waals surface area contributed by atoms with Crippen LogP contribution < -0.4 is 0 Å². The number of hydrogen-bond acceptors (Lipinski definition) is 6. The average molecular weight is 254 g/mol. The molecule has 5 nitrogen and oxygen atoms in total. The molecule has 86 valence electrons. The van der Waals surface area contributed by atoms with Crippen molar-refractivity contribution in [3.8, 4) is 28.2 Å². The molecular formula is C12H6N4OS. The third kappa shape index (κ3) is 1.87. The fourth-order valence-electron chi connectivity index (χ4n) is 1.45. The molecule has 3 rings (SSSR count). The summed E-state index contributed by atoms with van der Waals surface area (Å²) in [7, 11) is 0. The van der Waals surface area contributed by atoms with Crippen LogP contribution in [-0.4, -0.2) is 15.1 Å². The lowest BCUT2D eigenvalue weighted by atomic mass is 10.2. The first-order valence-electron chi connectivity index (χ1n) is 5.11. The third-order valence-corrected chi connectivity index (χ3v) is 3.27. The Bertz CT molecular complexity index is 711. The number of nitrogens with zero attached hydrogens (tertiary/aromatic N) is 4. The van der Waals surface area contributed by atoms with Crippen molar-refractivity contribution in [3.05, 3.63) is 41.5 Å². The van der Waals surface area contributed by atoms with Gasteiger partial charge in [-0.15, -0.1) is 11.3 Å². The lowest BCUT2D eigenvalue weighted by Gasteiger charge is -1.89. The standard InChI is InChI=1S/C12H6N4OS/c13-7-9-1-2-10(18-9)12-15-11(16-17-12)8-3-5-14-6-4-8/h1-6H. The van der Waals surface area contributed by atoms with E-state index in [2.05, 4.69) is 21.2 Å². The SMILES string of the molecule is N#Cc1ccc(-c2nc(-c3ccncc3)no2)s1. The second-order valence-electron chi connectivity index (χ2n) is 3.43. The fraction of sp³-hybridized carbons (Fsp3) is 0. The minimum atomic E-state index is 0.424. The Kier molecular flexibility index (Phi) is 2.59. The van der Waals surface area contributed by atoms with Crippen molar-refractivity contribution >= 4 is 11.3 Å². The lowest BCUT2D eigenvalue weighted by Crippen LogP contribution is -1.80. The van der Waals surface area contributed by atoms with Crippen LogP contribution in [0.2, 0.25) is 0 Å². The van der Waals surface area contributed by atoms with E-state index in [-0.39, 0.29) is 0 Å². The van der Waals surface area contributed by atoms with Crippen molar-refractivity contribution in [1.82, 2.24) is 15.1 Å². The molecule has 0 aromatic carbocycles. The number of rotatable bonds is 2. The molecule has 0 radical (unpaired) electrons. The number of nitriles is 1. The second-order valence-corrected chi connectivity index (χ2v) is 4.52. The summed E-state index contributed by atoms with van der Waals surface area (Å²) in [5, 5.41) is 12.7. The zero-order valence-corrected chi connectivity index (χ0v) is 9.89. The van der Waals surface area contributed by atoms with Crippen LogP contribution in [0.5, 0.6) is 0 Å². The van der Waals surface area contributed by atoms with E-state index in [0.717, 1.165) is 10.4 Å². The molecule has 6 heteroatoms. The molecule has 0 N–H and O–H groups in total. The molecule has 3 aromatic rings. The van der Waals surface area contributed by atoms with Gasteiger partial charge in [-0.3, -0.25) is 4.98 Å². The van der Waals surface area contributed by atoms with Crippen LogP contribution in [0.3, 0.4) is 0 Å². The van der Waals surface area contributed by atoms with E-state index in [9.17, 15) is 0 Å². The highest BCUT2D eigenvalue weighted by molar-refractivity contribution is 7.15. The van der Waals surface area contributed by atoms with Crippen LogP contribution in [0.25, 0.3) is 22.2 Å². The van der Waals surface area contributed by atoms with Gasteiger partial charge in [-0.2, -0.15) is 10.2 Å². The van der Waals surface area contributed by atoms with E-state index >= 15 is 0 Å². The Hall–Kier alpha value is -2.52. The van der Waals surface area contributed by atoms with Crippen molar-refractivity contribution in [1.29, 1.82) is 5.26 Å². The maximum absolute atomic E-state index is 8.77. The maximum atomic E-state index is 8.77. The van der Waals surface area contributed by atoms with Crippen LogP contribution >= 0.6 is 11.3 Å². The first-order chi connectivity index (χ1) is 8.86. The summed E-state index contributed by atoms with van der Waals surface area (Å²) < 4.78 is 5.18. The molecular weight excluding hydrogens is 248 g/mol. The highest BCUT2D eigenvalue weighted by Crippen LogP contribution is 2.27. The van der Waals surface area contributed by atoms with Gasteiger partial charge in [0, 0.05) is 18.0 Å². The Morgan fingerprint density at radius 2 is 2.00 bits per heavy atom. The number of pyridine rings is 1. The monoisotopic (exact) mass is 254 g/mol. The number of hydrogen-bond donors (Lipinski definition) is 0. The summed E-state index contributed by atoms with van der Waals surface area (Å²) in [5.74, 6) is 0.938. The minimum Gasteiger partial charge on any atom is -0.333 e. The molecule has 0 saturated carbocycles. The molecule has 0 aliphatic carbocycles. The first-order valence-corrected chi connectivity index (χ1v) is 5.93. The van der Waals surface area contributed by atoms with Crippen molar-refractivity contribution in [2.75, 3.05) is 0 Å². The first kappa shape index (κ1) is 10.6. The molecule has 0 spiro atoms. The largest absolute Gasteiger partial charge is 0.333 e. The highest BCUT2D eigenvalue weighted by atomic mass is 32.1. The topological polar surface area (TPSA) is 75.6 Å². The summed E-state index contributed by atoms with van der Waals surface area (Å²) in [6.45, 7) is 0. The van der Waals surface area contributed by atoms with Gasteiger partial charge in [0.05, 0.1) is 4.88 Å². The van der Waals surface area contributed by atoms with E-state index in [4.69, 9.17) is 9.78 Å². The zero-order chi connectivity index (χ0) is 12.4. The minimum absolute atomic E-state index is 0.424. The van der Waals surface area contributed by atoms with E-state index in [1.54, 1.807) is 24.5 Å². The van der Waals surface area contributed by atoms with Gasteiger partial charge >= 0.3 is 0 Å². The van der Waals surface area contributed by atoms with Crippen LogP contribution in [0.1, 0.15) is 4.88 Å². The van der Waals surface area contributed by atoms with Crippen LogP contribution in [-0.2, 0) is 0 Å². The van der Waals surface area contributed by atoms with Crippen molar-refractivity contribution in [2.45, 2.75) is 0 Å². The molecule has 0 aliphatic rings. The number of aromatic nitrogens is 3. The normalized spacial score (nSPS) is 10.2. The van der Waals surface area contributed by atoms with Crippen molar-refractivity contribution in [3.63, 3.8) is 0 Å². The molecule has 18 heavy (non-hydrogen) atoms. The molecule has 0 amide bonds. The van der Waals surface area contributed by atoms with Crippen molar-refractivity contribution in [2.24, 2.45) is 0 Å². The fourth-order valence-corrected chi connectivity index (χ4v) is 2.18. The van der Waals surface area contributed by atoms with E-state index < -0.39 is 0 Å². The molecule has 3 heterocycles. The van der Waals surface area contributed by atoms with E-state index in [0.29, 0.717) is 16.6 Å². The van der Waals surface area contributed by atoms with Crippen LogP contribution in [0, 0.1) is 11.3 Å². The van der Waals surface area contributed by atoms with Crippen LogP contribution in [0.15, 0.2) is 41.2 Å². The van der Waals surface area contributed by atoms with Gasteiger partial charge in [0.1, 0.15) is 10.9 Å². The van der Waals surface area contributed by atoms with Gasteiger partial charge in [0.25, 0.3) is 5.89 Å². The summed E-state index contributed by atoms with van der Waals surface area (Å²) >= 11 is 1.32. The van der Waals surface area contributed by atoms with Gasteiger partial charge in [-0.1, -0.05) is 5.16 Å². The van der Waals surface area contributed by atoms with E-state index in [1.165, 1.54) is 11.3 Å². The van der Waals surface area contributed by atoms with Gasteiger partial charge in [-0.25, -0.2) is 0 Å². The van der Waals surface area contributed by atoms with Crippen LogP contribution in [0.4, 0.5) is 0 Å². The van der Waals surface area contributed by atoms with Gasteiger partial charge in [-0.05, 0) is 24.3 Å². The summed E-state index contributed by atoms with van der Waals surface area (Å²) in [6, 6.07) is 9.23. The predicted octanol–water partition coefficient (Wildman–Crippen LogP) is 2.73. The predicted molar refractivity (Wildman–Crippen MR) is 65.6 cm³/mol. The molecule has 0 bridgehead atoms. The lowest BCUT2D eigenvalue weighted by molar-refractivity contribution is 0.433. The zero-order valence-electron chi connectivity index (χ0n) is 9.07. The highest BCUT2D eigenvalue weighted by Gasteiger charge is 2.12. The third-order valence-electron chi connectivity index (χ3n) is 2.29. The molecule has 0 aliphatic heterocycles. The molecule has 0 atom stereocenters. The average Bonchev–Trinajstić information content (AvgIpc) is 3.08. The Balaban J connectivity index is 1.97. The summed E-state index contributed by atoms with van der Waals surface area (Å²) in [4.78, 5) is 9.63. The molecule has 0 fully saturated rings. The number of thiophene rings is 1. The van der Waals surface area contributed by atoms with Crippen molar-refractivity contribution < 1.29 is 4.52 Å². The van der Waals surface area contributed by atoms with Gasteiger partial charge < -0.3 is 4.52 Å². The Labute approximate surface area is 106 Å². The molecule has 0 saturated heterocycles. The van der Waals surface area contributed by atoms with Gasteiger partial charge in [0.2, 0.25) is 5.82 Å². The second kappa shape index (κ2) is 4.39. The quantitative estimate of drug-likeness (QED) is 0.702. The Morgan fingerprint density at radius 3 is 2.72 bits per heavy atom. The maximum Gasteiger partial charge on any atom is 0.268 e. The summed E-state index contributed by atoms with van der Waals surface area (Å²) in [5.41, 5.74) is 0.845. The molecule has 3 aromatic heterocycles. The smallest absolute Gasteiger partial charge is 0.268 e. The van der Waals surface area contributed by atoms with E-state index in [1.807, 2.05) is 12.1 Å². The Morgan fingerprint density at radius 1 is 1.17 bits per heavy atom. The summed E-state index contributed by atoms with van der Waals surface area (Å²) in [6.07, 6.45) is 3.34. The van der Waals surface area contributed by atoms with Gasteiger partial charge in [0.15, 0.2) is 0 Å².